The van der Waals surface area contributed by atoms with Gasteiger partial charge in [0.15, 0.2) is 11.3 Å². The quantitative estimate of drug-likeness (QED) is 0.133. The van der Waals surface area contributed by atoms with Crippen molar-refractivity contribution in [2.24, 2.45) is 0 Å². The maximum absolute atomic E-state index is 6.14. The molecule has 0 amide bonds. The van der Waals surface area contributed by atoms with E-state index in [2.05, 4.69) is 103 Å². The van der Waals surface area contributed by atoms with Crippen molar-refractivity contribution >= 4 is 61.6 Å². The van der Waals surface area contributed by atoms with Crippen LogP contribution in [0.4, 0.5) is 0 Å². The van der Waals surface area contributed by atoms with Crippen LogP contribution in [-0.2, 0) is 9.31 Å². The van der Waals surface area contributed by atoms with E-state index >= 15 is 0 Å². The van der Waals surface area contributed by atoms with E-state index in [1.54, 1.807) is 16.9 Å². The third-order valence-corrected chi connectivity index (χ3v) is 15.6. The number of aromatic nitrogens is 10. The lowest BCUT2D eigenvalue weighted by atomic mass is 9.76. The minimum Gasteiger partial charge on any atom is -0.489 e. The molecule has 0 radical (unpaired) electrons. The van der Waals surface area contributed by atoms with Crippen LogP contribution in [0.2, 0.25) is 0 Å². The Morgan fingerprint density at radius 2 is 1.04 bits per heavy atom. The number of fused-ring (bicyclic) bond motifs is 4. The molecule has 0 spiro atoms. The van der Waals surface area contributed by atoms with Crippen LogP contribution in [0.25, 0.3) is 66.7 Å². The molecule has 1 aliphatic heterocycles. The van der Waals surface area contributed by atoms with Crippen molar-refractivity contribution in [3.63, 3.8) is 0 Å². The van der Waals surface area contributed by atoms with Gasteiger partial charge in [0, 0.05) is 58.3 Å². The first-order chi connectivity index (χ1) is 36.8. The van der Waals surface area contributed by atoms with Crippen LogP contribution < -0.4 is 14.9 Å². The van der Waals surface area contributed by atoms with E-state index in [-0.39, 0.29) is 18.3 Å². The molecule has 1 saturated heterocycles. The maximum atomic E-state index is 6.14. The Morgan fingerprint density at radius 3 is 1.61 bits per heavy atom. The fourth-order valence-corrected chi connectivity index (χ4v) is 10.5. The van der Waals surface area contributed by atoms with Crippen molar-refractivity contribution in [3.05, 3.63) is 150 Å². The lowest BCUT2D eigenvalue weighted by molar-refractivity contribution is 0.00578. The molecule has 3 aliphatic rings. The van der Waals surface area contributed by atoms with Crippen molar-refractivity contribution in [2.45, 2.75) is 129 Å². The summed E-state index contributed by atoms with van der Waals surface area (Å²) in [6.07, 6.45) is 27.7. The predicted molar refractivity (Wildman–Crippen MR) is 303 cm³/mol. The molecule has 2 aromatic carbocycles. The number of hydrogen-bond donors (Lipinski definition) is 0. The largest absolute Gasteiger partial charge is 0.495 e. The number of ether oxygens (including phenoxy) is 2. The molecular weight excluding hydrogens is 1020 g/mol. The van der Waals surface area contributed by atoms with Gasteiger partial charge in [-0.25, -0.2) is 19.0 Å². The van der Waals surface area contributed by atoms with Gasteiger partial charge in [0.05, 0.1) is 75.1 Å². The summed E-state index contributed by atoms with van der Waals surface area (Å²) in [6.45, 7) is 12.3. The number of halogens is 1. The smallest absolute Gasteiger partial charge is 0.489 e. The number of hydrogen-bond acceptors (Lipinski definition) is 12. The summed E-state index contributed by atoms with van der Waals surface area (Å²) in [5.41, 5.74) is 11.6. The highest BCUT2D eigenvalue weighted by molar-refractivity contribution is 9.10. The van der Waals surface area contributed by atoms with Gasteiger partial charge in [-0.3, -0.25) is 19.9 Å². The number of nitrogens with zero attached hydrogens (tertiary/aromatic N) is 10. The molecule has 0 N–H and O–H groups in total. The molecule has 13 rings (SSSR count). The summed E-state index contributed by atoms with van der Waals surface area (Å²) in [6, 6.07) is 28.5. The van der Waals surface area contributed by atoms with Crippen molar-refractivity contribution in [2.75, 3.05) is 0 Å². The Bertz CT molecular complexity index is 3630. The molecule has 0 unspecified atom stereocenters. The second kappa shape index (κ2) is 21.8. The molecule has 2 aliphatic carbocycles. The van der Waals surface area contributed by atoms with Gasteiger partial charge in [0.25, 0.3) is 0 Å². The minimum atomic E-state index is -0.340. The summed E-state index contributed by atoms with van der Waals surface area (Å²) in [4.78, 5) is 27.5. The molecule has 2 saturated carbocycles. The van der Waals surface area contributed by atoms with Crippen LogP contribution in [0.15, 0.2) is 139 Å². The predicted octanol–water partition coefficient (Wildman–Crippen LogP) is 13.1. The van der Waals surface area contributed by atoms with Gasteiger partial charge < -0.3 is 18.8 Å². The molecule has 9 heterocycles. The summed E-state index contributed by atoms with van der Waals surface area (Å²) in [5, 5.41) is 11.0. The summed E-state index contributed by atoms with van der Waals surface area (Å²) < 4.78 is 28.9. The van der Waals surface area contributed by atoms with E-state index in [0.29, 0.717) is 12.2 Å². The zero-order chi connectivity index (χ0) is 52.4. The van der Waals surface area contributed by atoms with Gasteiger partial charge in [0.2, 0.25) is 0 Å². The molecule has 0 bridgehead atoms. The molecular formula is C60H62BBrN10O4. The van der Waals surface area contributed by atoms with E-state index in [0.717, 1.165) is 125 Å². The van der Waals surface area contributed by atoms with Gasteiger partial charge >= 0.3 is 7.12 Å². The highest BCUT2D eigenvalue weighted by Gasteiger charge is 2.52. The topological polar surface area (TPSA) is 149 Å². The average Bonchev–Trinajstić information content (AvgIpc) is 4.11. The summed E-state index contributed by atoms with van der Waals surface area (Å²) in [5.74, 6) is 1.68. The fourth-order valence-electron chi connectivity index (χ4n) is 10.1. The Balaban J connectivity index is 0.000000127. The zero-order valence-electron chi connectivity index (χ0n) is 44.0. The van der Waals surface area contributed by atoms with Gasteiger partial charge in [-0.05, 0) is 174 Å². The van der Waals surface area contributed by atoms with E-state index in [9.17, 15) is 0 Å². The zero-order valence-corrected chi connectivity index (χ0v) is 45.6. The molecule has 76 heavy (non-hydrogen) atoms. The lowest BCUT2D eigenvalue weighted by Gasteiger charge is -2.32. The summed E-state index contributed by atoms with van der Waals surface area (Å²) in [7, 11) is -0.340. The van der Waals surface area contributed by atoms with Crippen LogP contribution in [0.5, 0.6) is 11.5 Å². The van der Waals surface area contributed by atoms with E-state index in [1.807, 2.05) is 116 Å². The molecule has 10 aromatic rings. The van der Waals surface area contributed by atoms with E-state index in [1.165, 1.54) is 38.5 Å². The fraction of sp³-hybridized carbons (Fsp3) is 0.333. The van der Waals surface area contributed by atoms with E-state index in [4.69, 9.17) is 23.8 Å². The maximum Gasteiger partial charge on any atom is 0.495 e. The van der Waals surface area contributed by atoms with Gasteiger partial charge in [-0.1, -0.05) is 49.2 Å². The molecule has 3 fully saturated rings. The van der Waals surface area contributed by atoms with Crippen molar-refractivity contribution in [1.82, 2.24) is 49.1 Å². The standard InChI is InChI=1S/C27H25N5O.C17H17BrN4O.C16H20BNO2/c1-18-10-12-23-22(8-5-9-26(23)31-18)24-16-30-32-17-19(14-29-27(24)32)25-13-11-21(15-28-25)33-20-6-3-2-4-7-20;18-15-10-21-22-11-12(8-20-17(15)22)16-7-6-14(9-19-16)23-13-4-2-1-3-5-13;1-11-9-10-12-13(7-6-8-14(12)18-11)17-19-15(2,3)16(4,5)20-17/h5,8-17,20H,2-4,6-7H2,1H3;6-11,13H,1-5H2;6-10H,1-5H3. The van der Waals surface area contributed by atoms with Crippen molar-refractivity contribution < 1.29 is 18.8 Å². The normalized spacial score (nSPS) is 16.6. The van der Waals surface area contributed by atoms with Crippen LogP contribution in [0.1, 0.15) is 103 Å². The Kier molecular flexibility index (Phi) is 14.7. The first kappa shape index (κ1) is 51.0. The molecule has 16 heteroatoms. The average molecular weight is 1080 g/mol. The molecule has 0 atom stereocenters. The highest BCUT2D eigenvalue weighted by atomic mass is 79.9. The summed E-state index contributed by atoms with van der Waals surface area (Å²) >= 11 is 3.43. The first-order valence-corrected chi connectivity index (χ1v) is 27.3. The van der Waals surface area contributed by atoms with Crippen molar-refractivity contribution in [3.8, 4) is 45.1 Å². The molecule has 14 nitrogen and oxygen atoms in total. The molecule has 8 aromatic heterocycles. The third kappa shape index (κ3) is 11.1. The second-order valence-corrected chi connectivity index (χ2v) is 21.9. The van der Waals surface area contributed by atoms with Gasteiger partial charge in [-0.15, -0.1) is 0 Å². The Morgan fingerprint density at radius 1 is 0.526 bits per heavy atom. The monoisotopic (exact) mass is 1080 g/mol. The van der Waals surface area contributed by atoms with Crippen LogP contribution in [-0.4, -0.2) is 79.7 Å². The number of rotatable bonds is 8. The van der Waals surface area contributed by atoms with Crippen LogP contribution in [0, 0.1) is 13.8 Å². The number of pyridine rings is 4. The Hall–Kier alpha value is -7.14. The first-order valence-electron chi connectivity index (χ1n) is 26.5. The highest BCUT2D eigenvalue weighted by Crippen LogP contribution is 2.37. The molecule has 386 valence electrons. The van der Waals surface area contributed by atoms with Gasteiger partial charge in [-0.2, -0.15) is 10.2 Å². The second-order valence-electron chi connectivity index (χ2n) is 21.1. The van der Waals surface area contributed by atoms with E-state index < -0.39 is 0 Å². The SMILES string of the molecule is Brc1cnn2cc(-c3ccc(OC4CCCCC4)cn3)cnc12.Cc1ccc2c(-c3cnn4cc(-c5ccc(OC6CCCCC6)cn5)cnc34)cccc2n1.Cc1ccc2c(B3OC(C)(C)C(C)(C)O3)cccc2n1. The van der Waals surface area contributed by atoms with Gasteiger partial charge in [0.1, 0.15) is 11.5 Å². The van der Waals surface area contributed by atoms with Crippen molar-refractivity contribution in [1.29, 1.82) is 0 Å². The minimum absolute atomic E-state index is 0.320. The Labute approximate surface area is 452 Å². The van der Waals surface area contributed by atoms with Crippen LogP contribution in [0.3, 0.4) is 0 Å². The number of benzene rings is 2. The van der Waals surface area contributed by atoms with Crippen LogP contribution >= 0.6 is 15.9 Å². The third-order valence-electron chi connectivity index (χ3n) is 15.0. The lowest BCUT2D eigenvalue weighted by Crippen LogP contribution is -2.41. The number of aryl methyl sites for hydroxylation is 2.